The molecule has 1 atom stereocenters. The Labute approximate surface area is 140 Å². The fourth-order valence-corrected chi connectivity index (χ4v) is 3.58. The van der Waals surface area contributed by atoms with Crippen LogP contribution >= 0.6 is 31.9 Å². The molecule has 1 aromatic carbocycles. The number of anilines is 1. The van der Waals surface area contributed by atoms with Crippen LogP contribution in [-0.4, -0.2) is 31.6 Å². The Bertz CT molecular complexity index is 557. The van der Waals surface area contributed by atoms with Crippen LogP contribution in [0.2, 0.25) is 0 Å². The number of hydrogen-bond donors (Lipinski definition) is 2. The number of methoxy groups -OCH3 is 1. The summed E-state index contributed by atoms with van der Waals surface area (Å²) >= 11 is 6.70. The zero-order valence-electron chi connectivity index (χ0n) is 11.5. The molecule has 1 aliphatic rings. The number of esters is 1. The molecule has 1 aliphatic heterocycles. The minimum absolute atomic E-state index is 0.136. The van der Waals surface area contributed by atoms with Crippen molar-refractivity contribution in [2.75, 3.05) is 19.0 Å². The Balaban J connectivity index is 2.25. The molecule has 5 nitrogen and oxygen atoms in total. The molecule has 0 spiro atoms. The number of piperidine rings is 1. The summed E-state index contributed by atoms with van der Waals surface area (Å²) < 4.78 is 6.12. The van der Waals surface area contributed by atoms with Gasteiger partial charge in [-0.25, -0.2) is 4.79 Å². The van der Waals surface area contributed by atoms with Gasteiger partial charge in [0.1, 0.15) is 0 Å². The summed E-state index contributed by atoms with van der Waals surface area (Å²) in [6.07, 6.45) is 2.91. The molecule has 1 fully saturated rings. The smallest absolute Gasteiger partial charge is 0.340 e. The van der Waals surface area contributed by atoms with Crippen molar-refractivity contribution in [3.8, 4) is 0 Å². The van der Waals surface area contributed by atoms with E-state index in [4.69, 9.17) is 4.74 Å². The van der Waals surface area contributed by atoms with Crippen molar-refractivity contribution in [2.24, 2.45) is 0 Å². The van der Waals surface area contributed by atoms with Crippen LogP contribution < -0.4 is 10.6 Å². The molecule has 21 heavy (non-hydrogen) atoms. The number of benzene rings is 1. The molecule has 0 radical (unpaired) electrons. The molecule has 1 aromatic rings. The highest BCUT2D eigenvalue weighted by Crippen LogP contribution is 2.31. The molecule has 2 rings (SSSR count). The van der Waals surface area contributed by atoms with E-state index in [9.17, 15) is 9.59 Å². The van der Waals surface area contributed by atoms with Gasteiger partial charge in [0.2, 0.25) is 5.91 Å². The summed E-state index contributed by atoms with van der Waals surface area (Å²) in [5.41, 5.74) is 0.741. The quantitative estimate of drug-likeness (QED) is 0.738. The van der Waals surface area contributed by atoms with E-state index in [0.29, 0.717) is 15.7 Å². The normalized spacial score (nSPS) is 18.1. The molecule has 0 saturated carbocycles. The highest BCUT2D eigenvalue weighted by atomic mass is 79.9. The van der Waals surface area contributed by atoms with E-state index in [1.165, 1.54) is 7.11 Å². The predicted octanol–water partition coefficient (Wildman–Crippen LogP) is 3.08. The summed E-state index contributed by atoms with van der Waals surface area (Å²) in [6.45, 7) is 0.837. The maximum Gasteiger partial charge on any atom is 0.340 e. The lowest BCUT2D eigenvalue weighted by Crippen LogP contribution is -2.43. The minimum atomic E-state index is -0.496. The first-order chi connectivity index (χ1) is 10.0. The first-order valence-electron chi connectivity index (χ1n) is 6.64. The first kappa shape index (κ1) is 16.5. The molecule has 1 amide bonds. The third kappa shape index (κ3) is 4.05. The van der Waals surface area contributed by atoms with Gasteiger partial charge in [0, 0.05) is 8.95 Å². The average molecular weight is 420 g/mol. The third-order valence-corrected chi connectivity index (χ3v) is 4.42. The molecule has 1 saturated heterocycles. The Hall–Kier alpha value is -0.920. The highest BCUT2D eigenvalue weighted by Gasteiger charge is 2.24. The van der Waals surface area contributed by atoms with Gasteiger partial charge in [0.25, 0.3) is 0 Å². The molecule has 0 bridgehead atoms. The second kappa shape index (κ2) is 7.38. The summed E-state index contributed by atoms with van der Waals surface area (Å²) in [5, 5.41) is 6.00. The van der Waals surface area contributed by atoms with Crippen LogP contribution in [0.1, 0.15) is 29.6 Å². The van der Waals surface area contributed by atoms with Crippen molar-refractivity contribution in [1.82, 2.24) is 5.32 Å². The minimum Gasteiger partial charge on any atom is -0.465 e. The zero-order chi connectivity index (χ0) is 15.4. The van der Waals surface area contributed by atoms with Crippen molar-refractivity contribution in [3.63, 3.8) is 0 Å². The van der Waals surface area contributed by atoms with Crippen molar-refractivity contribution in [3.05, 3.63) is 26.6 Å². The van der Waals surface area contributed by atoms with Crippen LogP contribution in [0.25, 0.3) is 0 Å². The van der Waals surface area contributed by atoms with E-state index in [2.05, 4.69) is 42.5 Å². The Morgan fingerprint density at radius 3 is 2.71 bits per heavy atom. The molecular weight excluding hydrogens is 404 g/mol. The number of halogens is 2. The number of amides is 1. The van der Waals surface area contributed by atoms with Crippen LogP contribution in [0.4, 0.5) is 5.69 Å². The molecule has 0 aliphatic carbocycles. The van der Waals surface area contributed by atoms with Crippen LogP contribution in [0.3, 0.4) is 0 Å². The predicted molar refractivity (Wildman–Crippen MR) is 87.5 cm³/mol. The Kier molecular flexibility index (Phi) is 5.78. The van der Waals surface area contributed by atoms with Crippen LogP contribution in [0.5, 0.6) is 0 Å². The van der Waals surface area contributed by atoms with E-state index < -0.39 is 5.97 Å². The van der Waals surface area contributed by atoms with E-state index in [1.807, 2.05) is 0 Å². The van der Waals surface area contributed by atoms with Gasteiger partial charge in [-0.1, -0.05) is 22.4 Å². The molecule has 0 unspecified atom stereocenters. The van der Waals surface area contributed by atoms with E-state index in [-0.39, 0.29) is 11.9 Å². The monoisotopic (exact) mass is 418 g/mol. The van der Waals surface area contributed by atoms with Gasteiger partial charge in [-0.15, -0.1) is 0 Å². The topological polar surface area (TPSA) is 67.4 Å². The van der Waals surface area contributed by atoms with Gasteiger partial charge in [-0.2, -0.15) is 0 Å². The maximum atomic E-state index is 12.3. The second-order valence-corrected chi connectivity index (χ2v) is 6.56. The van der Waals surface area contributed by atoms with Gasteiger partial charge in [-0.3, -0.25) is 4.79 Å². The van der Waals surface area contributed by atoms with Crippen molar-refractivity contribution < 1.29 is 14.3 Å². The number of rotatable bonds is 3. The van der Waals surface area contributed by atoms with Gasteiger partial charge < -0.3 is 15.4 Å². The number of ether oxygens (including phenoxy) is 1. The molecule has 2 N–H and O–H groups in total. The van der Waals surface area contributed by atoms with Crippen molar-refractivity contribution in [2.45, 2.75) is 25.3 Å². The molecule has 0 aromatic heterocycles. The number of carbonyl (C=O) groups excluding carboxylic acids is 2. The first-order valence-corrected chi connectivity index (χ1v) is 8.23. The van der Waals surface area contributed by atoms with E-state index in [1.54, 1.807) is 12.1 Å². The third-order valence-electron chi connectivity index (χ3n) is 3.34. The summed E-state index contributed by atoms with van der Waals surface area (Å²) in [7, 11) is 1.31. The zero-order valence-corrected chi connectivity index (χ0v) is 14.7. The number of nitrogens with one attached hydrogen (secondary N) is 2. The summed E-state index contributed by atoms with van der Waals surface area (Å²) in [4.78, 5) is 24.2. The number of carbonyl (C=O) groups is 2. The largest absolute Gasteiger partial charge is 0.465 e. The molecule has 1 heterocycles. The number of hydrogen-bond acceptors (Lipinski definition) is 4. The lowest BCUT2D eigenvalue weighted by Gasteiger charge is -2.23. The lowest BCUT2D eigenvalue weighted by molar-refractivity contribution is -0.118. The van der Waals surface area contributed by atoms with Gasteiger partial charge in [-0.05, 0) is 47.4 Å². The van der Waals surface area contributed by atoms with Crippen LogP contribution in [0.15, 0.2) is 21.1 Å². The molecular formula is C14H16Br2N2O3. The SMILES string of the molecule is COC(=O)c1cc(Br)cc(Br)c1NC(=O)[C@@H]1CCCCN1. The lowest BCUT2D eigenvalue weighted by atomic mass is 10.0. The Morgan fingerprint density at radius 1 is 1.33 bits per heavy atom. The van der Waals surface area contributed by atoms with E-state index in [0.717, 1.165) is 30.3 Å². The van der Waals surface area contributed by atoms with Gasteiger partial charge in [0.15, 0.2) is 0 Å². The van der Waals surface area contributed by atoms with Gasteiger partial charge in [0.05, 0.1) is 24.4 Å². The molecule has 7 heteroatoms. The van der Waals surface area contributed by atoms with Gasteiger partial charge >= 0.3 is 5.97 Å². The second-order valence-electron chi connectivity index (χ2n) is 4.79. The van der Waals surface area contributed by atoms with Crippen LogP contribution in [-0.2, 0) is 9.53 Å². The standard InChI is InChI=1S/C14H16Br2N2O3/c1-21-14(20)9-6-8(15)7-10(16)12(9)18-13(19)11-4-2-3-5-17-11/h6-7,11,17H,2-5H2,1H3,(H,18,19)/t11-/m0/s1. The van der Waals surface area contributed by atoms with Crippen molar-refractivity contribution >= 4 is 49.4 Å². The fourth-order valence-electron chi connectivity index (χ4n) is 2.26. The van der Waals surface area contributed by atoms with Crippen molar-refractivity contribution in [1.29, 1.82) is 0 Å². The Morgan fingerprint density at radius 2 is 2.10 bits per heavy atom. The molecule has 114 valence electrons. The van der Waals surface area contributed by atoms with Crippen LogP contribution in [0, 0.1) is 0 Å². The average Bonchev–Trinajstić information content (AvgIpc) is 2.49. The summed E-state index contributed by atoms with van der Waals surface area (Å²) in [5.74, 6) is -0.633. The fraction of sp³-hybridized carbons (Fsp3) is 0.429. The summed E-state index contributed by atoms with van der Waals surface area (Å²) in [6, 6.07) is 3.18. The maximum absolute atomic E-state index is 12.3. The van der Waals surface area contributed by atoms with E-state index >= 15 is 0 Å². The highest BCUT2D eigenvalue weighted by molar-refractivity contribution is 9.11.